The Morgan fingerprint density at radius 1 is 1.62 bits per heavy atom. The monoisotopic (exact) mass is 240 g/mol. The van der Waals surface area contributed by atoms with Crippen LogP contribution in [0.3, 0.4) is 0 Å². The maximum absolute atomic E-state index is 11.7. The first-order valence-electron chi connectivity index (χ1n) is 5.10. The molecule has 1 aromatic rings. The summed E-state index contributed by atoms with van der Waals surface area (Å²) in [6, 6.07) is 4.87. The molecule has 5 heteroatoms. The summed E-state index contributed by atoms with van der Waals surface area (Å²) in [5.74, 6) is -0.135. The minimum atomic E-state index is -0.501. The van der Waals surface area contributed by atoms with Crippen molar-refractivity contribution in [1.29, 1.82) is 0 Å². The van der Waals surface area contributed by atoms with Crippen LogP contribution in [0.4, 0.5) is 5.69 Å². The number of amides is 1. The van der Waals surface area contributed by atoms with E-state index in [1.807, 2.05) is 6.07 Å². The van der Waals surface area contributed by atoms with Gasteiger partial charge in [0.2, 0.25) is 5.91 Å². The summed E-state index contributed by atoms with van der Waals surface area (Å²) in [5.41, 5.74) is 1.50. The zero-order valence-corrected chi connectivity index (χ0v) is 9.58. The van der Waals surface area contributed by atoms with Gasteiger partial charge in [-0.25, -0.2) is 0 Å². The van der Waals surface area contributed by atoms with Gasteiger partial charge in [-0.1, -0.05) is 17.7 Å². The van der Waals surface area contributed by atoms with Crippen LogP contribution in [0.1, 0.15) is 18.5 Å². The molecule has 0 radical (unpaired) electrons. The average molecular weight is 241 g/mol. The van der Waals surface area contributed by atoms with Gasteiger partial charge in [-0.05, 0) is 19.1 Å². The highest BCUT2D eigenvalue weighted by molar-refractivity contribution is 6.32. The molecule has 0 saturated carbocycles. The molecular formula is C11H13ClN2O2. The Kier molecular flexibility index (Phi) is 3.14. The van der Waals surface area contributed by atoms with E-state index in [9.17, 15) is 9.90 Å². The van der Waals surface area contributed by atoms with Crippen LogP contribution in [0.5, 0.6) is 0 Å². The average Bonchev–Trinajstić information content (AvgIpc) is 2.52. The zero-order chi connectivity index (χ0) is 11.7. The molecule has 2 atom stereocenters. The van der Waals surface area contributed by atoms with E-state index in [0.717, 1.165) is 11.3 Å². The second-order valence-corrected chi connectivity index (χ2v) is 4.29. The molecule has 1 amide bonds. The van der Waals surface area contributed by atoms with E-state index in [4.69, 9.17) is 11.6 Å². The highest BCUT2D eigenvalue weighted by atomic mass is 35.5. The maximum atomic E-state index is 11.7. The van der Waals surface area contributed by atoms with E-state index in [2.05, 4.69) is 10.6 Å². The van der Waals surface area contributed by atoms with Gasteiger partial charge in [0, 0.05) is 22.8 Å². The van der Waals surface area contributed by atoms with E-state index in [0.29, 0.717) is 11.6 Å². The minimum Gasteiger partial charge on any atom is -0.392 e. The van der Waals surface area contributed by atoms with Gasteiger partial charge >= 0.3 is 0 Å². The Hall–Kier alpha value is -1.10. The number of anilines is 1. The number of aliphatic hydroxyl groups is 1. The van der Waals surface area contributed by atoms with Crippen molar-refractivity contribution in [3.8, 4) is 0 Å². The molecule has 0 fully saturated rings. The van der Waals surface area contributed by atoms with Crippen LogP contribution >= 0.6 is 11.6 Å². The van der Waals surface area contributed by atoms with Crippen molar-refractivity contribution in [2.45, 2.75) is 19.1 Å². The molecule has 2 rings (SSSR count). The van der Waals surface area contributed by atoms with E-state index in [1.165, 1.54) is 0 Å². The SMILES string of the molecule is CC(O)CNC1C(=O)Nc2cccc(Cl)c21. The Balaban J connectivity index is 2.25. The molecule has 1 aromatic carbocycles. The summed E-state index contributed by atoms with van der Waals surface area (Å²) in [5, 5.41) is 15.5. The lowest BCUT2D eigenvalue weighted by atomic mass is 10.1. The fourth-order valence-electron chi connectivity index (χ4n) is 1.76. The van der Waals surface area contributed by atoms with Crippen LogP contribution in [0.25, 0.3) is 0 Å². The number of carbonyl (C=O) groups is 1. The first-order chi connectivity index (χ1) is 7.59. The van der Waals surface area contributed by atoms with Gasteiger partial charge < -0.3 is 10.4 Å². The van der Waals surface area contributed by atoms with Crippen molar-refractivity contribution in [2.24, 2.45) is 0 Å². The minimum absolute atomic E-state index is 0.135. The van der Waals surface area contributed by atoms with Crippen LogP contribution in [0, 0.1) is 0 Å². The van der Waals surface area contributed by atoms with Crippen LogP contribution < -0.4 is 10.6 Å². The van der Waals surface area contributed by atoms with Gasteiger partial charge in [-0.3, -0.25) is 10.1 Å². The fourth-order valence-corrected chi connectivity index (χ4v) is 2.04. The molecule has 2 unspecified atom stereocenters. The largest absolute Gasteiger partial charge is 0.392 e. The number of halogens is 1. The summed E-state index contributed by atoms with van der Waals surface area (Å²) in [6.45, 7) is 2.01. The molecule has 4 nitrogen and oxygen atoms in total. The molecule has 3 N–H and O–H groups in total. The van der Waals surface area contributed by atoms with Crippen molar-refractivity contribution in [1.82, 2.24) is 5.32 Å². The fraction of sp³-hybridized carbons (Fsp3) is 0.364. The quantitative estimate of drug-likeness (QED) is 0.747. The molecule has 1 aliphatic rings. The predicted octanol–water partition coefficient (Wildman–Crippen LogP) is 1.30. The lowest BCUT2D eigenvalue weighted by Gasteiger charge is -2.13. The molecule has 0 bridgehead atoms. The van der Waals surface area contributed by atoms with E-state index >= 15 is 0 Å². The Labute approximate surface area is 98.6 Å². The molecule has 1 aliphatic heterocycles. The molecule has 1 heterocycles. The molecule has 86 valence electrons. The van der Waals surface area contributed by atoms with Crippen LogP contribution in [-0.2, 0) is 4.79 Å². The normalized spacial score (nSPS) is 20.4. The first-order valence-corrected chi connectivity index (χ1v) is 5.48. The summed E-state index contributed by atoms with van der Waals surface area (Å²) in [6.07, 6.45) is -0.501. The number of fused-ring (bicyclic) bond motifs is 1. The number of carbonyl (C=O) groups excluding carboxylic acids is 1. The van der Waals surface area contributed by atoms with Crippen molar-refractivity contribution >= 4 is 23.2 Å². The molecule has 16 heavy (non-hydrogen) atoms. The standard InChI is InChI=1S/C11H13ClN2O2/c1-6(15)5-13-10-9-7(12)3-2-4-8(9)14-11(10)16/h2-4,6,10,13,15H,5H2,1H3,(H,14,16). The lowest BCUT2D eigenvalue weighted by Crippen LogP contribution is -2.32. The van der Waals surface area contributed by atoms with Gasteiger partial charge in [-0.2, -0.15) is 0 Å². The van der Waals surface area contributed by atoms with Crippen LogP contribution in [0.2, 0.25) is 5.02 Å². The number of hydrogen-bond donors (Lipinski definition) is 3. The van der Waals surface area contributed by atoms with Crippen molar-refractivity contribution in [3.63, 3.8) is 0 Å². The second-order valence-electron chi connectivity index (χ2n) is 3.88. The van der Waals surface area contributed by atoms with Crippen molar-refractivity contribution in [2.75, 3.05) is 11.9 Å². The van der Waals surface area contributed by atoms with E-state index in [-0.39, 0.29) is 5.91 Å². The molecule has 0 saturated heterocycles. The molecule has 0 aliphatic carbocycles. The van der Waals surface area contributed by atoms with Crippen LogP contribution in [0.15, 0.2) is 18.2 Å². The third-order valence-electron chi connectivity index (χ3n) is 2.48. The summed E-state index contributed by atoms with van der Waals surface area (Å²) >= 11 is 6.05. The van der Waals surface area contributed by atoms with E-state index < -0.39 is 12.1 Å². The molecular weight excluding hydrogens is 228 g/mol. The summed E-state index contributed by atoms with van der Waals surface area (Å²) in [4.78, 5) is 11.7. The number of benzene rings is 1. The van der Waals surface area contributed by atoms with Crippen molar-refractivity contribution in [3.05, 3.63) is 28.8 Å². The Morgan fingerprint density at radius 2 is 2.38 bits per heavy atom. The maximum Gasteiger partial charge on any atom is 0.246 e. The number of rotatable bonds is 3. The van der Waals surface area contributed by atoms with Gasteiger partial charge in [0.15, 0.2) is 0 Å². The predicted molar refractivity (Wildman–Crippen MR) is 62.5 cm³/mol. The van der Waals surface area contributed by atoms with Gasteiger partial charge in [0.1, 0.15) is 6.04 Å². The summed E-state index contributed by atoms with van der Waals surface area (Å²) < 4.78 is 0. The highest BCUT2D eigenvalue weighted by Crippen LogP contribution is 2.35. The van der Waals surface area contributed by atoms with Gasteiger partial charge in [0.05, 0.1) is 6.10 Å². The Bertz CT molecular complexity index is 420. The third kappa shape index (κ3) is 2.04. The summed E-state index contributed by atoms with van der Waals surface area (Å²) in [7, 11) is 0. The van der Waals surface area contributed by atoms with Gasteiger partial charge in [0.25, 0.3) is 0 Å². The lowest BCUT2D eigenvalue weighted by molar-refractivity contribution is -0.117. The molecule has 0 spiro atoms. The molecule has 0 aromatic heterocycles. The highest BCUT2D eigenvalue weighted by Gasteiger charge is 2.32. The third-order valence-corrected chi connectivity index (χ3v) is 2.81. The van der Waals surface area contributed by atoms with E-state index in [1.54, 1.807) is 19.1 Å². The number of nitrogens with one attached hydrogen (secondary N) is 2. The van der Waals surface area contributed by atoms with Crippen LogP contribution in [-0.4, -0.2) is 23.7 Å². The smallest absolute Gasteiger partial charge is 0.246 e. The number of aliphatic hydroxyl groups excluding tert-OH is 1. The first kappa shape index (κ1) is 11.4. The Morgan fingerprint density at radius 3 is 3.06 bits per heavy atom. The number of hydrogen-bond acceptors (Lipinski definition) is 3. The topological polar surface area (TPSA) is 61.4 Å². The van der Waals surface area contributed by atoms with Crippen molar-refractivity contribution < 1.29 is 9.90 Å². The van der Waals surface area contributed by atoms with Gasteiger partial charge in [-0.15, -0.1) is 0 Å². The zero-order valence-electron chi connectivity index (χ0n) is 8.83. The second kappa shape index (κ2) is 4.41.